The lowest BCUT2D eigenvalue weighted by molar-refractivity contribution is 0.102. The molecule has 1 aromatic heterocycles. The average molecular weight is 262 g/mol. The second-order valence-corrected chi connectivity index (χ2v) is 4.19. The number of nitrogens with one attached hydrogen (secondary N) is 1. The number of pyridine rings is 1. The molecule has 5 heteroatoms. The molecule has 0 atom stereocenters. The van der Waals surface area contributed by atoms with E-state index in [-0.39, 0.29) is 11.1 Å². The van der Waals surface area contributed by atoms with E-state index in [1.54, 1.807) is 30.5 Å². The quantitative estimate of drug-likeness (QED) is 0.645. The molecule has 1 amide bonds. The highest BCUT2D eigenvalue weighted by Crippen LogP contribution is 2.21. The number of carbonyl (C=O) groups is 1. The van der Waals surface area contributed by atoms with Gasteiger partial charge >= 0.3 is 0 Å². The summed E-state index contributed by atoms with van der Waals surface area (Å²) in [4.78, 5) is 16.0. The zero-order valence-corrected chi connectivity index (χ0v) is 10.5. The molecule has 0 radical (unpaired) electrons. The summed E-state index contributed by atoms with van der Waals surface area (Å²) in [7, 11) is 0. The van der Waals surface area contributed by atoms with Gasteiger partial charge in [-0.1, -0.05) is 23.7 Å². The Balaban J connectivity index is 2.31. The summed E-state index contributed by atoms with van der Waals surface area (Å²) in [5.74, 6) is -0.291. The van der Waals surface area contributed by atoms with Crippen molar-refractivity contribution in [2.24, 2.45) is 0 Å². The first-order valence-corrected chi connectivity index (χ1v) is 5.74. The number of benzene rings is 1. The van der Waals surface area contributed by atoms with Gasteiger partial charge in [-0.15, -0.1) is 0 Å². The Bertz CT molecular complexity index is 578. The van der Waals surface area contributed by atoms with E-state index >= 15 is 0 Å². The minimum absolute atomic E-state index is 0.248. The van der Waals surface area contributed by atoms with Crippen LogP contribution in [0.3, 0.4) is 0 Å². The van der Waals surface area contributed by atoms with Crippen molar-refractivity contribution in [1.29, 1.82) is 0 Å². The highest BCUT2D eigenvalue weighted by molar-refractivity contribution is 6.32. The minimum atomic E-state index is -0.291. The average Bonchev–Trinajstić information content (AvgIpc) is 2.32. The fraction of sp³-hybridized carbons (Fsp3) is 0.0769. The van der Waals surface area contributed by atoms with Crippen molar-refractivity contribution in [2.45, 2.75) is 6.92 Å². The summed E-state index contributed by atoms with van der Waals surface area (Å²) in [5.41, 5.74) is 7.98. The molecule has 18 heavy (non-hydrogen) atoms. The summed E-state index contributed by atoms with van der Waals surface area (Å²) in [6.07, 6.45) is 1.56. The van der Waals surface area contributed by atoms with Crippen molar-refractivity contribution < 1.29 is 4.79 Å². The number of halogens is 1. The zero-order chi connectivity index (χ0) is 13.1. The Hall–Kier alpha value is -2.07. The third-order valence-corrected chi connectivity index (χ3v) is 2.84. The van der Waals surface area contributed by atoms with Gasteiger partial charge in [0.05, 0.1) is 11.3 Å². The van der Waals surface area contributed by atoms with Crippen LogP contribution in [0.4, 0.5) is 11.4 Å². The van der Waals surface area contributed by atoms with Crippen LogP contribution in [0.5, 0.6) is 0 Å². The molecule has 4 nitrogen and oxygen atoms in total. The van der Waals surface area contributed by atoms with Gasteiger partial charge in [0, 0.05) is 11.9 Å². The highest BCUT2D eigenvalue weighted by Gasteiger charge is 2.13. The largest absolute Gasteiger partial charge is 0.398 e. The van der Waals surface area contributed by atoms with Crippen molar-refractivity contribution in [2.75, 3.05) is 11.1 Å². The summed E-state index contributed by atoms with van der Waals surface area (Å²) in [6.45, 7) is 1.83. The molecule has 0 aliphatic carbocycles. The molecule has 92 valence electrons. The number of aryl methyl sites for hydroxylation is 1. The predicted molar refractivity (Wildman–Crippen MR) is 72.8 cm³/mol. The van der Waals surface area contributed by atoms with Crippen LogP contribution in [0.1, 0.15) is 15.9 Å². The molecule has 0 fully saturated rings. The van der Waals surface area contributed by atoms with Crippen molar-refractivity contribution in [3.05, 3.63) is 52.8 Å². The maximum atomic E-state index is 12.1. The van der Waals surface area contributed by atoms with E-state index < -0.39 is 0 Å². The van der Waals surface area contributed by atoms with Gasteiger partial charge in [0.2, 0.25) is 0 Å². The van der Waals surface area contributed by atoms with Crippen LogP contribution in [0.15, 0.2) is 36.5 Å². The number of rotatable bonds is 2. The molecule has 2 aromatic rings. The van der Waals surface area contributed by atoms with E-state index in [4.69, 9.17) is 17.3 Å². The van der Waals surface area contributed by atoms with Crippen LogP contribution in [0.25, 0.3) is 0 Å². The van der Waals surface area contributed by atoms with Crippen molar-refractivity contribution in [3.63, 3.8) is 0 Å². The lowest BCUT2D eigenvalue weighted by Gasteiger charge is -2.10. The number of nitrogens with two attached hydrogens (primary N) is 1. The monoisotopic (exact) mass is 261 g/mol. The first-order chi connectivity index (χ1) is 8.59. The molecule has 0 saturated carbocycles. The molecule has 0 bridgehead atoms. The van der Waals surface area contributed by atoms with Gasteiger partial charge in [-0.05, 0) is 30.7 Å². The summed E-state index contributed by atoms with van der Waals surface area (Å²) >= 11 is 5.88. The van der Waals surface area contributed by atoms with Gasteiger partial charge in [0.1, 0.15) is 0 Å². The molecular weight excluding hydrogens is 250 g/mol. The molecule has 0 spiro atoms. The van der Waals surface area contributed by atoms with E-state index in [9.17, 15) is 4.79 Å². The first-order valence-electron chi connectivity index (χ1n) is 5.36. The molecule has 0 aliphatic rings. The SMILES string of the molecule is Cc1cccc(N)c1C(=O)Nc1cccnc1Cl. The van der Waals surface area contributed by atoms with Crippen molar-refractivity contribution in [3.8, 4) is 0 Å². The van der Waals surface area contributed by atoms with Gasteiger partial charge < -0.3 is 11.1 Å². The van der Waals surface area contributed by atoms with E-state index in [0.29, 0.717) is 16.9 Å². The Morgan fingerprint density at radius 1 is 1.33 bits per heavy atom. The number of hydrogen-bond donors (Lipinski definition) is 2. The van der Waals surface area contributed by atoms with E-state index in [1.165, 1.54) is 0 Å². The molecule has 3 N–H and O–H groups in total. The maximum absolute atomic E-state index is 12.1. The van der Waals surface area contributed by atoms with Gasteiger partial charge in [-0.2, -0.15) is 0 Å². The van der Waals surface area contributed by atoms with E-state index in [2.05, 4.69) is 10.3 Å². The van der Waals surface area contributed by atoms with Crippen LogP contribution in [0, 0.1) is 6.92 Å². The Morgan fingerprint density at radius 2 is 2.11 bits per heavy atom. The van der Waals surface area contributed by atoms with Crippen molar-refractivity contribution in [1.82, 2.24) is 4.98 Å². The van der Waals surface area contributed by atoms with Crippen LogP contribution in [-0.4, -0.2) is 10.9 Å². The molecule has 0 aliphatic heterocycles. The standard InChI is InChI=1S/C13H12ClN3O/c1-8-4-2-5-9(15)11(8)13(18)17-10-6-3-7-16-12(10)14/h2-7H,15H2,1H3,(H,17,18). The normalized spacial score (nSPS) is 10.1. The lowest BCUT2D eigenvalue weighted by Crippen LogP contribution is -2.16. The van der Waals surface area contributed by atoms with E-state index in [1.807, 2.05) is 13.0 Å². The molecule has 1 heterocycles. The second-order valence-electron chi connectivity index (χ2n) is 3.84. The molecule has 1 aromatic carbocycles. The number of anilines is 2. The van der Waals surface area contributed by atoms with Gasteiger partial charge in [0.15, 0.2) is 5.15 Å². The van der Waals surface area contributed by atoms with E-state index in [0.717, 1.165) is 5.56 Å². The zero-order valence-electron chi connectivity index (χ0n) is 9.77. The number of carbonyl (C=O) groups excluding carboxylic acids is 1. The second kappa shape index (κ2) is 5.06. The smallest absolute Gasteiger partial charge is 0.258 e. The highest BCUT2D eigenvalue weighted by atomic mass is 35.5. The van der Waals surface area contributed by atoms with Crippen LogP contribution in [0.2, 0.25) is 5.15 Å². The number of hydrogen-bond acceptors (Lipinski definition) is 3. The molecular formula is C13H12ClN3O. The van der Waals surface area contributed by atoms with Gasteiger partial charge in [-0.3, -0.25) is 4.79 Å². The fourth-order valence-corrected chi connectivity index (χ4v) is 1.83. The van der Waals surface area contributed by atoms with Crippen LogP contribution in [-0.2, 0) is 0 Å². The Morgan fingerprint density at radius 3 is 2.78 bits per heavy atom. The first kappa shape index (κ1) is 12.4. The molecule has 0 saturated heterocycles. The summed E-state index contributed by atoms with van der Waals surface area (Å²) < 4.78 is 0. The van der Waals surface area contributed by atoms with Crippen LogP contribution >= 0.6 is 11.6 Å². The summed E-state index contributed by atoms with van der Waals surface area (Å²) in [6, 6.07) is 8.70. The van der Waals surface area contributed by atoms with Crippen molar-refractivity contribution >= 4 is 28.9 Å². The maximum Gasteiger partial charge on any atom is 0.258 e. The minimum Gasteiger partial charge on any atom is -0.398 e. The number of aromatic nitrogens is 1. The number of nitrogens with zero attached hydrogens (tertiary/aromatic N) is 1. The summed E-state index contributed by atoms with van der Waals surface area (Å²) in [5, 5.41) is 2.94. The lowest BCUT2D eigenvalue weighted by atomic mass is 10.1. The topological polar surface area (TPSA) is 68.0 Å². The Labute approximate surface area is 110 Å². The number of amides is 1. The fourth-order valence-electron chi connectivity index (χ4n) is 1.66. The number of nitrogen functional groups attached to an aromatic ring is 1. The van der Waals surface area contributed by atoms with Gasteiger partial charge in [-0.25, -0.2) is 4.98 Å². The third-order valence-electron chi connectivity index (χ3n) is 2.54. The van der Waals surface area contributed by atoms with Gasteiger partial charge in [0.25, 0.3) is 5.91 Å². The van der Waals surface area contributed by atoms with Crippen LogP contribution < -0.4 is 11.1 Å². The Kier molecular flexibility index (Phi) is 3.48. The molecule has 0 unspecified atom stereocenters. The third kappa shape index (κ3) is 2.43. The molecule has 2 rings (SSSR count). The predicted octanol–water partition coefficient (Wildman–Crippen LogP) is 2.88.